The van der Waals surface area contributed by atoms with Crippen molar-refractivity contribution >= 4 is 22.9 Å². The fraction of sp³-hybridized carbons (Fsp3) is 0. The normalized spacial score (nSPS) is 10.1. The Labute approximate surface area is 102 Å². The van der Waals surface area contributed by atoms with Gasteiger partial charge in [-0.15, -0.1) is 0 Å². The lowest BCUT2D eigenvalue weighted by atomic mass is 10.0. The first kappa shape index (κ1) is 11.3. The molecule has 0 atom stereocenters. The molecule has 0 fully saturated rings. The van der Waals surface area contributed by atoms with Crippen molar-refractivity contribution in [1.82, 2.24) is 0 Å². The van der Waals surface area contributed by atoms with E-state index in [0.717, 1.165) is 0 Å². The highest BCUT2D eigenvalue weighted by molar-refractivity contribution is 7.80. The molecule has 2 aromatic rings. The maximum atomic E-state index is 10.7. The van der Waals surface area contributed by atoms with Crippen LogP contribution in [-0.2, 0) is 0 Å². The Bertz CT molecular complexity index is 578. The van der Waals surface area contributed by atoms with Gasteiger partial charge in [-0.1, -0.05) is 12.2 Å². The van der Waals surface area contributed by atoms with E-state index in [0.29, 0.717) is 16.9 Å². The van der Waals surface area contributed by atoms with Gasteiger partial charge < -0.3 is 10.2 Å². The van der Waals surface area contributed by atoms with Crippen LogP contribution in [0.25, 0.3) is 11.3 Å². The predicted molar refractivity (Wildman–Crippen MR) is 66.7 cm³/mol. The van der Waals surface area contributed by atoms with Gasteiger partial charge in [-0.3, -0.25) is 10.1 Å². The Hall–Kier alpha value is -2.21. The fourth-order valence-corrected chi connectivity index (χ4v) is 1.67. The maximum absolute atomic E-state index is 10.7. The summed E-state index contributed by atoms with van der Waals surface area (Å²) in [5, 5.41) is 10.7. The molecular formula is C11H8N2O3S. The van der Waals surface area contributed by atoms with E-state index in [2.05, 4.69) is 0 Å². The van der Waals surface area contributed by atoms with Crippen LogP contribution in [0, 0.1) is 10.1 Å². The van der Waals surface area contributed by atoms with Crippen molar-refractivity contribution in [2.24, 2.45) is 5.73 Å². The summed E-state index contributed by atoms with van der Waals surface area (Å²) in [4.78, 5) is 10.3. The summed E-state index contributed by atoms with van der Waals surface area (Å²) >= 11 is 4.88. The number of benzene rings is 1. The largest absolute Gasteiger partial charge is 0.464 e. The molecule has 17 heavy (non-hydrogen) atoms. The van der Waals surface area contributed by atoms with E-state index in [4.69, 9.17) is 22.4 Å². The van der Waals surface area contributed by atoms with Gasteiger partial charge >= 0.3 is 0 Å². The van der Waals surface area contributed by atoms with Crippen LogP contribution in [0.15, 0.2) is 41.0 Å². The van der Waals surface area contributed by atoms with Crippen molar-refractivity contribution in [2.45, 2.75) is 0 Å². The number of nitro benzene ring substituents is 1. The van der Waals surface area contributed by atoms with Crippen molar-refractivity contribution in [3.8, 4) is 11.3 Å². The molecule has 0 aliphatic carbocycles. The van der Waals surface area contributed by atoms with E-state index >= 15 is 0 Å². The zero-order valence-corrected chi connectivity index (χ0v) is 9.44. The average Bonchev–Trinajstić information content (AvgIpc) is 2.81. The van der Waals surface area contributed by atoms with E-state index in [-0.39, 0.29) is 10.7 Å². The Morgan fingerprint density at radius 1 is 1.41 bits per heavy atom. The molecular weight excluding hydrogens is 240 g/mol. The molecule has 0 spiro atoms. The third-order valence-corrected chi connectivity index (χ3v) is 2.49. The number of nitrogens with zero attached hydrogens (tertiary/aromatic N) is 1. The van der Waals surface area contributed by atoms with E-state index < -0.39 is 4.92 Å². The lowest BCUT2D eigenvalue weighted by molar-refractivity contribution is -0.384. The Morgan fingerprint density at radius 3 is 2.71 bits per heavy atom. The Balaban J connectivity index is 2.61. The quantitative estimate of drug-likeness (QED) is 0.512. The molecule has 1 aromatic heterocycles. The second-order valence-electron chi connectivity index (χ2n) is 3.33. The molecule has 0 unspecified atom stereocenters. The van der Waals surface area contributed by atoms with Crippen LogP contribution in [0.4, 0.5) is 5.69 Å². The average molecular weight is 248 g/mol. The van der Waals surface area contributed by atoms with Crippen LogP contribution < -0.4 is 5.73 Å². The molecule has 6 heteroatoms. The summed E-state index contributed by atoms with van der Waals surface area (Å²) in [5.74, 6) is 0.572. The van der Waals surface area contributed by atoms with Crippen molar-refractivity contribution in [1.29, 1.82) is 0 Å². The predicted octanol–water partition coefficient (Wildman–Crippen LogP) is 2.49. The molecule has 1 aromatic carbocycles. The summed E-state index contributed by atoms with van der Waals surface area (Å²) in [6.07, 6.45) is 1.51. The Morgan fingerprint density at radius 2 is 2.18 bits per heavy atom. The van der Waals surface area contributed by atoms with Crippen molar-refractivity contribution < 1.29 is 9.34 Å². The van der Waals surface area contributed by atoms with Gasteiger partial charge in [0.25, 0.3) is 5.69 Å². The summed E-state index contributed by atoms with van der Waals surface area (Å²) in [7, 11) is 0. The van der Waals surface area contributed by atoms with Gasteiger partial charge in [0.05, 0.1) is 11.2 Å². The Kier molecular flexibility index (Phi) is 2.88. The van der Waals surface area contributed by atoms with Crippen LogP contribution in [0.1, 0.15) is 5.56 Å². The van der Waals surface area contributed by atoms with E-state index in [1.807, 2.05) is 0 Å². The molecule has 0 bridgehead atoms. The smallest absolute Gasteiger partial charge is 0.270 e. The summed E-state index contributed by atoms with van der Waals surface area (Å²) in [6.45, 7) is 0. The van der Waals surface area contributed by atoms with Crippen LogP contribution in [-0.4, -0.2) is 9.91 Å². The molecule has 0 saturated carbocycles. The standard InChI is InChI=1S/C11H8N2O3S/c12-11(17)9-6-7(13(14)15)3-4-8(9)10-2-1-5-16-10/h1-6H,(H2,12,17). The zero-order chi connectivity index (χ0) is 12.4. The second-order valence-corrected chi connectivity index (χ2v) is 3.77. The highest BCUT2D eigenvalue weighted by Crippen LogP contribution is 2.27. The lowest BCUT2D eigenvalue weighted by Gasteiger charge is -2.05. The van der Waals surface area contributed by atoms with Crippen molar-refractivity contribution in [2.75, 3.05) is 0 Å². The van der Waals surface area contributed by atoms with Gasteiger partial charge in [0.2, 0.25) is 0 Å². The van der Waals surface area contributed by atoms with Crippen molar-refractivity contribution in [3.63, 3.8) is 0 Å². The van der Waals surface area contributed by atoms with Crippen molar-refractivity contribution in [3.05, 3.63) is 52.3 Å². The number of nitrogens with two attached hydrogens (primary N) is 1. The van der Waals surface area contributed by atoms with E-state index in [1.54, 1.807) is 18.2 Å². The third-order valence-electron chi connectivity index (χ3n) is 2.27. The number of hydrogen-bond donors (Lipinski definition) is 1. The van der Waals surface area contributed by atoms with Crippen LogP contribution in [0.2, 0.25) is 0 Å². The fourth-order valence-electron chi connectivity index (χ4n) is 1.50. The molecule has 0 aliphatic rings. The third kappa shape index (κ3) is 2.16. The molecule has 0 amide bonds. The minimum Gasteiger partial charge on any atom is -0.464 e. The molecule has 0 aliphatic heterocycles. The number of nitro groups is 1. The highest BCUT2D eigenvalue weighted by Gasteiger charge is 2.15. The second kappa shape index (κ2) is 4.34. The summed E-state index contributed by atoms with van der Waals surface area (Å²) in [6, 6.07) is 7.77. The molecule has 2 N–H and O–H groups in total. The SMILES string of the molecule is NC(=S)c1cc([N+](=O)[O-])ccc1-c1ccco1. The monoisotopic (exact) mass is 248 g/mol. The summed E-state index contributed by atoms with van der Waals surface area (Å²) < 4.78 is 5.23. The van der Waals surface area contributed by atoms with Gasteiger partial charge in [-0.05, 0) is 18.2 Å². The number of thiocarbonyl (C=S) groups is 1. The molecule has 1 heterocycles. The highest BCUT2D eigenvalue weighted by atomic mass is 32.1. The van der Waals surface area contributed by atoms with E-state index in [9.17, 15) is 10.1 Å². The van der Waals surface area contributed by atoms with Gasteiger partial charge in [0, 0.05) is 23.3 Å². The first-order valence-electron chi connectivity index (χ1n) is 4.71. The lowest BCUT2D eigenvalue weighted by Crippen LogP contribution is -2.11. The van der Waals surface area contributed by atoms with Crippen LogP contribution >= 0.6 is 12.2 Å². The molecule has 5 nitrogen and oxygen atoms in total. The zero-order valence-electron chi connectivity index (χ0n) is 8.62. The maximum Gasteiger partial charge on any atom is 0.270 e. The molecule has 0 radical (unpaired) electrons. The van der Waals surface area contributed by atoms with Gasteiger partial charge in [0.15, 0.2) is 0 Å². The van der Waals surface area contributed by atoms with Gasteiger partial charge in [-0.25, -0.2) is 0 Å². The first-order chi connectivity index (χ1) is 8.09. The number of furan rings is 1. The summed E-state index contributed by atoms with van der Waals surface area (Å²) in [5.41, 5.74) is 6.58. The molecule has 2 rings (SSSR count). The number of rotatable bonds is 3. The van der Waals surface area contributed by atoms with Gasteiger partial charge in [-0.2, -0.15) is 0 Å². The minimum absolute atomic E-state index is 0.0527. The minimum atomic E-state index is -0.492. The van der Waals surface area contributed by atoms with Crippen LogP contribution in [0.3, 0.4) is 0 Å². The topological polar surface area (TPSA) is 82.3 Å². The number of hydrogen-bond acceptors (Lipinski definition) is 4. The van der Waals surface area contributed by atoms with E-state index in [1.165, 1.54) is 18.4 Å². The van der Waals surface area contributed by atoms with Crippen LogP contribution in [0.5, 0.6) is 0 Å². The molecule has 0 saturated heterocycles. The molecule has 86 valence electrons. The first-order valence-corrected chi connectivity index (χ1v) is 5.12. The van der Waals surface area contributed by atoms with Gasteiger partial charge in [0.1, 0.15) is 10.7 Å². The number of non-ortho nitro benzene ring substituents is 1.